The van der Waals surface area contributed by atoms with Gasteiger partial charge in [-0.15, -0.1) is 0 Å². The smallest absolute Gasteiger partial charge is 0.228 e. The molecule has 1 aliphatic heterocycles. The van der Waals surface area contributed by atoms with Gasteiger partial charge in [0.1, 0.15) is 5.82 Å². The van der Waals surface area contributed by atoms with Crippen molar-refractivity contribution in [2.75, 3.05) is 22.9 Å². The zero-order valence-corrected chi connectivity index (χ0v) is 11.2. The van der Waals surface area contributed by atoms with Crippen LogP contribution in [-0.4, -0.2) is 28.2 Å². The van der Waals surface area contributed by atoms with Crippen molar-refractivity contribution in [3.05, 3.63) is 24.3 Å². The van der Waals surface area contributed by atoms with Crippen LogP contribution in [0.3, 0.4) is 0 Å². The zero-order chi connectivity index (χ0) is 13.4. The third kappa shape index (κ3) is 2.12. The van der Waals surface area contributed by atoms with Crippen LogP contribution in [0.1, 0.15) is 6.42 Å². The lowest BCUT2D eigenvalue weighted by atomic mass is 10.1. The molecule has 2 aromatic rings. The molecular formula is C13H14N4OS. The topological polar surface area (TPSA) is 72.1 Å². The predicted molar refractivity (Wildman–Crippen MR) is 78.3 cm³/mol. The number of para-hydroxylation sites is 1. The second-order valence-electron chi connectivity index (χ2n) is 4.68. The maximum Gasteiger partial charge on any atom is 0.228 e. The number of carbonyl (C=O) groups excluding carboxylic acids is 1. The summed E-state index contributed by atoms with van der Waals surface area (Å²) < 4.78 is 0. The Kier molecular flexibility index (Phi) is 3.02. The lowest BCUT2D eigenvalue weighted by molar-refractivity contribution is -0.117. The van der Waals surface area contributed by atoms with Crippen LogP contribution in [-0.2, 0) is 4.79 Å². The van der Waals surface area contributed by atoms with E-state index in [1.165, 1.54) is 0 Å². The summed E-state index contributed by atoms with van der Waals surface area (Å²) in [5, 5.41) is 0.852. The molecule has 1 saturated heterocycles. The highest BCUT2D eigenvalue weighted by Gasteiger charge is 2.31. The normalized spacial score (nSPS) is 19.3. The van der Waals surface area contributed by atoms with Crippen molar-refractivity contribution in [3.8, 4) is 0 Å². The van der Waals surface area contributed by atoms with Gasteiger partial charge in [-0.1, -0.05) is 12.1 Å². The summed E-state index contributed by atoms with van der Waals surface area (Å²) in [5.41, 5.74) is 6.49. The first-order valence-corrected chi connectivity index (χ1v) is 6.75. The number of nitrogen functional groups attached to an aromatic ring is 1. The zero-order valence-electron chi connectivity index (χ0n) is 10.3. The van der Waals surface area contributed by atoms with E-state index in [4.69, 9.17) is 5.73 Å². The highest BCUT2D eigenvalue weighted by atomic mass is 32.1. The number of nitrogens with two attached hydrogens (primary N) is 1. The van der Waals surface area contributed by atoms with Crippen LogP contribution in [0.5, 0.6) is 0 Å². The fourth-order valence-corrected chi connectivity index (χ4v) is 2.64. The molecular weight excluding hydrogens is 260 g/mol. The summed E-state index contributed by atoms with van der Waals surface area (Å²) in [4.78, 5) is 22.2. The Morgan fingerprint density at radius 1 is 1.37 bits per heavy atom. The number of aromatic nitrogens is 2. The number of benzene rings is 1. The fourth-order valence-electron chi connectivity index (χ4n) is 2.39. The number of fused-ring (bicyclic) bond motifs is 1. The maximum atomic E-state index is 12.1. The molecule has 3 rings (SSSR count). The lowest BCUT2D eigenvalue weighted by Gasteiger charge is -2.17. The van der Waals surface area contributed by atoms with Gasteiger partial charge >= 0.3 is 0 Å². The minimum absolute atomic E-state index is 0.0716. The molecule has 2 N–H and O–H groups in total. The van der Waals surface area contributed by atoms with Crippen molar-refractivity contribution in [2.24, 2.45) is 5.92 Å². The molecule has 1 aromatic heterocycles. The van der Waals surface area contributed by atoms with E-state index < -0.39 is 0 Å². The van der Waals surface area contributed by atoms with Crippen LogP contribution >= 0.6 is 12.6 Å². The molecule has 6 heteroatoms. The van der Waals surface area contributed by atoms with Crippen molar-refractivity contribution in [2.45, 2.75) is 6.42 Å². The predicted octanol–water partition coefficient (Wildman–Crippen LogP) is 1.49. The molecule has 1 atom stereocenters. The van der Waals surface area contributed by atoms with Crippen molar-refractivity contribution in [3.63, 3.8) is 0 Å². The molecule has 98 valence electrons. The Morgan fingerprint density at radius 3 is 2.89 bits per heavy atom. The van der Waals surface area contributed by atoms with E-state index in [0.29, 0.717) is 24.5 Å². The maximum absolute atomic E-state index is 12.1. The average molecular weight is 274 g/mol. The van der Waals surface area contributed by atoms with E-state index in [-0.39, 0.29) is 17.8 Å². The number of carbonyl (C=O) groups is 1. The quantitative estimate of drug-likeness (QED) is 0.814. The van der Waals surface area contributed by atoms with Crippen LogP contribution in [0.4, 0.5) is 11.8 Å². The summed E-state index contributed by atoms with van der Waals surface area (Å²) in [7, 11) is 0. The molecule has 0 saturated carbocycles. The number of rotatable bonds is 2. The van der Waals surface area contributed by atoms with Gasteiger partial charge in [0, 0.05) is 18.4 Å². The lowest BCUT2D eigenvalue weighted by Crippen LogP contribution is -2.26. The second-order valence-corrected chi connectivity index (χ2v) is 5.04. The van der Waals surface area contributed by atoms with Crippen LogP contribution in [0.15, 0.2) is 24.3 Å². The van der Waals surface area contributed by atoms with Crippen molar-refractivity contribution in [1.29, 1.82) is 0 Å². The fraction of sp³-hybridized carbons (Fsp3) is 0.308. The highest BCUT2D eigenvalue weighted by molar-refractivity contribution is 7.80. The van der Waals surface area contributed by atoms with E-state index in [1.807, 2.05) is 24.3 Å². The second kappa shape index (κ2) is 4.70. The number of hydrogen-bond acceptors (Lipinski definition) is 5. The van der Waals surface area contributed by atoms with E-state index >= 15 is 0 Å². The van der Waals surface area contributed by atoms with Crippen LogP contribution in [0.2, 0.25) is 0 Å². The van der Waals surface area contributed by atoms with E-state index in [0.717, 1.165) is 10.9 Å². The molecule has 0 bridgehead atoms. The van der Waals surface area contributed by atoms with Crippen LogP contribution in [0, 0.1) is 5.92 Å². The number of hydrogen-bond donors (Lipinski definition) is 2. The van der Waals surface area contributed by atoms with Gasteiger partial charge in [0.25, 0.3) is 0 Å². The summed E-state index contributed by atoms with van der Waals surface area (Å²) >= 11 is 4.27. The van der Waals surface area contributed by atoms with E-state index in [9.17, 15) is 4.79 Å². The Labute approximate surface area is 116 Å². The Bertz CT molecular complexity index is 646. The molecule has 1 fully saturated rings. The standard InChI is InChI=1S/C13H14N4OS/c14-13-15-10-4-2-1-3-9(10)12(16-13)17-6-8(7-19)5-11(17)18/h1-4,8,19H,5-7H2,(H2,14,15,16). The van der Waals surface area contributed by atoms with Crippen LogP contribution < -0.4 is 10.6 Å². The first kappa shape index (κ1) is 12.2. The van der Waals surface area contributed by atoms with Gasteiger partial charge in [-0.25, -0.2) is 4.98 Å². The van der Waals surface area contributed by atoms with Gasteiger partial charge < -0.3 is 5.73 Å². The number of nitrogens with zero attached hydrogens (tertiary/aromatic N) is 3. The van der Waals surface area contributed by atoms with Gasteiger partial charge in [-0.05, 0) is 23.8 Å². The highest BCUT2D eigenvalue weighted by Crippen LogP contribution is 2.30. The molecule has 0 spiro atoms. The van der Waals surface area contributed by atoms with Gasteiger partial charge in [0.05, 0.1) is 5.52 Å². The van der Waals surface area contributed by atoms with Crippen molar-refractivity contribution >= 4 is 41.2 Å². The van der Waals surface area contributed by atoms with E-state index in [2.05, 4.69) is 22.6 Å². The minimum atomic E-state index is 0.0716. The Morgan fingerprint density at radius 2 is 2.16 bits per heavy atom. The first-order valence-electron chi connectivity index (χ1n) is 6.12. The monoisotopic (exact) mass is 274 g/mol. The van der Waals surface area contributed by atoms with Gasteiger partial charge in [-0.2, -0.15) is 17.6 Å². The SMILES string of the molecule is Nc1nc(N2CC(CS)CC2=O)c2ccccc2n1. The van der Waals surface area contributed by atoms with Gasteiger partial charge in [-0.3, -0.25) is 9.69 Å². The van der Waals surface area contributed by atoms with Gasteiger partial charge in [0.2, 0.25) is 11.9 Å². The van der Waals surface area contributed by atoms with E-state index in [1.54, 1.807) is 4.90 Å². The van der Waals surface area contributed by atoms with Crippen LogP contribution in [0.25, 0.3) is 10.9 Å². The molecule has 1 aliphatic rings. The summed E-state index contributed by atoms with van der Waals surface area (Å²) in [6.45, 7) is 0.642. The molecule has 1 unspecified atom stereocenters. The third-order valence-electron chi connectivity index (χ3n) is 3.32. The molecule has 19 heavy (non-hydrogen) atoms. The summed E-state index contributed by atoms with van der Waals surface area (Å²) in [6, 6.07) is 7.57. The third-order valence-corrected chi connectivity index (χ3v) is 3.84. The molecule has 1 amide bonds. The van der Waals surface area contributed by atoms with Crippen molar-refractivity contribution < 1.29 is 4.79 Å². The molecule has 5 nitrogen and oxygen atoms in total. The molecule has 0 aliphatic carbocycles. The minimum Gasteiger partial charge on any atom is -0.368 e. The average Bonchev–Trinajstić information content (AvgIpc) is 2.79. The summed E-state index contributed by atoms with van der Waals surface area (Å²) in [6.07, 6.45) is 0.516. The van der Waals surface area contributed by atoms with Gasteiger partial charge in [0.15, 0.2) is 0 Å². The van der Waals surface area contributed by atoms with Crippen molar-refractivity contribution in [1.82, 2.24) is 9.97 Å². The Hall–Kier alpha value is -1.82. The number of anilines is 2. The largest absolute Gasteiger partial charge is 0.368 e. The number of amides is 1. The summed E-state index contributed by atoms with van der Waals surface area (Å²) in [5.74, 6) is 1.84. The molecule has 2 heterocycles. The Balaban J connectivity index is 2.12. The molecule has 1 aromatic carbocycles. The first-order chi connectivity index (χ1) is 9.19. The number of thiol groups is 1. The molecule has 0 radical (unpaired) electrons.